The number of nitrogens with zero attached hydrogens (tertiary/aromatic N) is 1. The molecule has 0 radical (unpaired) electrons. The van der Waals surface area contributed by atoms with Crippen molar-refractivity contribution in [2.75, 3.05) is 20.2 Å². The maximum Gasteiger partial charge on any atom is 0.123 e. The standard InChI is InChI=1S/C22H23FN2O/c1-15(16-4-3-11-24-13-16)21-14-25(18-7-5-17(23)6-8-18)22-10-9-19(26-2)12-20(21)22/h4-10,12,14-15,24H,3,11,13H2,1-2H3. The first-order chi connectivity index (χ1) is 12.7. The van der Waals surface area contributed by atoms with Gasteiger partial charge in [0.05, 0.1) is 12.6 Å². The fourth-order valence-electron chi connectivity index (χ4n) is 3.72. The number of ether oxygens (including phenoxy) is 1. The van der Waals surface area contributed by atoms with Gasteiger partial charge in [-0.15, -0.1) is 0 Å². The predicted molar refractivity (Wildman–Crippen MR) is 104 cm³/mol. The molecule has 1 aliphatic rings. The number of benzene rings is 2. The summed E-state index contributed by atoms with van der Waals surface area (Å²) in [5.41, 5.74) is 4.73. The molecule has 0 bridgehead atoms. The molecule has 0 saturated heterocycles. The van der Waals surface area contributed by atoms with Crippen LogP contribution in [0.2, 0.25) is 0 Å². The van der Waals surface area contributed by atoms with Crippen LogP contribution in [0.15, 0.2) is 60.3 Å². The normalized spacial score (nSPS) is 15.7. The van der Waals surface area contributed by atoms with Gasteiger partial charge in [-0.1, -0.05) is 18.6 Å². The fourth-order valence-corrected chi connectivity index (χ4v) is 3.72. The quantitative estimate of drug-likeness (QED) is 0.684. The fraction of sp³-hybridized carbons (Fsp3) is 0.273. The molecule has 1 aromatic heterocycles. The van der Waals surface area contributed by atoms with E-state index in [-0.39, 0.29) is 5.82 Å². The average molecular weight is 350 g/mol. The van der Waals surface area contributed by atoms with Gasteiger partial charge in [0.2, 0.25) is 0 Å². The second-order valence-corrected chi connectivity index (χ2v) is 6.78. The molecule has 0 spiro atoms. The van der Waals surface area contributed by atoms with E-state index in [0.717, 1.165) is 36.5 Å². The number of nitrogens with one attached hydrogen (secondary N) is 1. The second-order valence-electron chi connectivity index (χ2n) is 6.78. The van der Waals surface area contributed by atoms with Crippen molar-refractivity contribution >= 4 is 10.9 Å². The predicted octanol–water partition coefficient (Wildman–Crippen LogP) is 4.80. The molecule has 134 valence electrons. The Labute approximate surface area is 153 Å². The van der Waals surface area contributed by atoms with Gasteiger partial charge in [0.15, 0.2) is 0 Å². The highest BCUT2D eigenvalue weighted by Crippen LogP contribution is 2.36. The molecule has 4 heteroatoms. The third-order valence-corrected chi connectivity index (χ3v) is 5.23. The molecule has 1 aliphatic heterocycles. The zero-order valence-corrected chi connectivity index (χ0v) is 15.1. The topological polar surface area (TPSA) is 26.2 Å². The molecule has 26 heavy (non-hydrogen) atoms. The van der Waals surface area contributed by atoms with Crippen LogP contribution in [0.1, 0.15) is 24.8 Å². The van der Waals surface area contributed by atoms with Gasteiger partial charge in [0.25, 0.3) is 0 Å². The maximum absolute atomic E-state index is 13.4. The maximum atomic E-state index is 13.4. The van der Waals surface area contributed by atoms with Crippen molar-refractivity contribution in [3.8, 4) is 11.4 Å². The molecule has 1 unspecified atom stereocenters. The highest BCUT2D eigenvalue weighted by Gasteiger charge is 2.20. The van der Waals surface area contributed by atoms with Gasteiger partial charge in [-0.05, 0) is 61.0 Å². The highest BCUT2D eigenvalue weighted by atomic mass is 19.1. The van der Waals surface area contributed by atoms with Crippen molar-refractivity contribution in [3.05, 3.63) is 71.7 Å². The molecular weight excluding hydrogens is 327 g/mol. The van der Waals surface area contributed by atoms with Crippen LogP contribution < -0.4 is 10.1 Å². The molecule has 4 rings (SSSR count). The van der Waals surface area contributed by atoms with E-state index >= 15 is 0 Å². The summed E-state index contributed by atoms with van der Waals surface area (Å²) in [6, 6.07) is 12.8. The number of halogens is 1. The lowest BCUT2D eigenvalue weighted by molar-refractivity contribution is 0.415. The van der Waals surface area contributed by atoms with Crippen LogP contribution in [0.25, 0.3) is 16.6 Å². The summed E-state index contributed by atoms with van der Waals surface area (Å²) in [7, 11) is 1.69. The van der Waals surface area contributed by atoms with Crippen LogP contribution >= 0.6 is 0 Å². The Morgan fingerprint density at radius 2 is 1.96 bits per heavy atom. The third kappa shape index (κ3) is 3.01. The molecule has 2 aromatic carbocycles. The molecular formula is C22H23FN2O. The minimum absolute atomic E-state index is 0.223. The summed E-state index contributed by atoms with van der Waals surface area (Å²) in [5, 5.41) is 4.63. The Hall–Kier alpha value is -2.59. The average Bonchev–Trinajstić information content (AvgIpc) is 3.07. The molecule has 1 N–H and O–H groups in total. The zero-order valence-electron chi connectivity index (χ0n) is 15.1. The Morgan fingerprint density at radius 1 is 1.15 bits per heavy atom. The summed E-state index contributed by atoms with van der Waals surface area (Å²) in [6.07, 6.45) is 5.60. The monoisotopic (exact) mass is 350 g/mol. The Balaban J connectivity index is 1.88. The molecule has 0 aliphatic carbocycles. The SMILES string of the molecule is COc1ccc2c(c1)c(C(C)C1=CCCNC1)cn2-c1ccc(F)cc1. The van der Waals surface area contributed by atoms with E-state index in [9.17, 15) is 4.39 Å². The van der Waals surface area contributed by atoms with E-state index in [1.807, 2.05) is 18.2 Å². The molecule has 0 amide bonds. The van der Waals surface area contributed by atoms with Crippen LogP contribution in [0.5, 0.6) is 5.75 Å². The molecule has 1 atom stereocenters. The van der Waals surface area contributed by atoms with Gasteiger partial charge in [0.1, 0.15) is 11.6 Å². The van der Waals surface area contributed by atoms with Crippen LogP contribution in [0.4, 0.5) is 4.39 Å². The van der Waals surface area contributed by atoms with Crippen molar-refractivity contribution in [3.63, 3.8) is 0 Å². The first-order valence-corrected chi connectivity index (χ1v) is 9.02. The van der Waals surface area contributed by atoms with Crippen molar-refractivity contribution in [1.82, 2.24) is 9.88 Å². The van der Waals surface area contributed by atoms with Crippen LogP contribution in [-0.2, 0) is 0 Å². The van der Waals surface area contributed by atoms with Gasteiger partial charge in [-0.2, -0.15) is 0 Å². The number of methoxy groups -OCH3 is 1. The minimum Gasteiger partial charge on any atom is -0.497 e. The second kappa shape index (κ2) is 6.96. The largest absolute Gasteiger partial charge is 0.497 e. The summed E-state index contributed by atoms with van der Waals surface area (Å²) in [4.78, 5) is 0. The highest BCUT2D eigenvalue weighted by molar-refractivity contribution is 5.88. The number of hydrogen-bond acceptors (Lipinski definition) is 2. The van der Waals surface area contributed by atoms with E-state index < -0.39 is 0 Å². The van der Waals surface area contributed by atoms with Gasteiger partial charge in [0, 0.05) is 29.7 Å². The summed E-state index contributed by atoms with van der Waals surface area (Å²) < 4.78 is 20.9. The van der Waals surface area contributed by atoms with Gasteiger partial charge in [-0.25, -0.2) is 4.39 Å². The summed E-state index contributed by atoms with van der Waals surface area (Å²) in [6.45, 7) is 4.22. The van der Waals surface area contributed by atoms with Crippen molar-refractivity contribution < 1.29 is 9.13 Å². The molecule has 0 saturated carbocycles. The Morgan fingerprint density at radius 3 is 2.65 bits per heavy atom. The molecule has 3 nitrogen and oxygen atoms in total. The van der Waals surface area contributed by atoms with Crippen molar-refractivity contribution in [2.24, 2.45) is 0 Å². The van der Waals surface area contributed by atoms with E-state index in [4.69, 9.17) is 4.74 Å². The molecule has 0 fully saturated rings. The van der Waals surface area contributed by atoms with Gasteiger partial charge < -0.3 is 14.6 Å². The van der Waals surface area contributed by atoms with Crippen LogP contribution in [-0.4, -0.2) is 24.8 Å². The zero-order chi connectivity index (χ0) is 18.1. The lowest BCUT2D eigenvalue weighted by Gasteiger charge is -2.20. The van der Waals surface area contributed by atoms with Crippen LogP contribution in [0.3, 0.4) is 0 Å². The van der Waals surface area contributed by atoms with E-state index in [1.165, 1.54) is 28.7 Å². The summed E-state index contributed by atoms with van der Waals surface area (Å²) >= 11 is 0. The third-order valence-electron chi connectivity index (χ3n) is 5.23. The van der Waals surface area contributed by atoms with E-state index in [2.05, 4.69) is 41.2 Å². The number of hydrogen-bond donors (Lipinski definition) is 1. The van der Waals surface area contributed by atoms with Gasteiger partial charge in [-0.3, -0.25) is 0 Å². The Bertz CT molecular complexity index is 956. The summed E-state index contributed by atoms with van der Waals surface area (Å²) in [5.74, 6) is 0.927. The molecule has 2 heterocycles. The van der Waals surface area contributed by atoms with E-state index in [1.54, 1.807) is 7.11 Å². The van der Waals surface area contributed by atoms with Gasteiger partial charge >= 0.3 is 0 Å². The molecule has 3 aromatic rings. The lowest BCUT2D eigenvalue weighted by Crippen LogP contribution is -2.24. The minimum atomic E-state index is -0.223. The first kappa shape index (κ1) is 16.9. The first-order valence-electron chi connectivity index (χ1n) is 9.02. The number of rotatable bonds is 4. The Kier molecular flexibility index (Phi) is 4.51. The number of fused-ring (bicyclic) bond motifs is 1. The number of aromatic nitrogens is 1. The van der Waals surface area contributed by atoms with Crippen LogP contribution in [0, 0.1) is 5.82 Å². The van der Waals surface area contributed by atoms with Crippen molar-refractivity contribution in [1.29, 1.82) is 0 Å². The smallest absolute Gasteiger partial charge is 0.123 e. The lowest BCUT2D eigenvalue weighted by atomic mass is 9.90. The van der Waals surface area contributed by atoms with Crippen molar-refractivity contribution in [2.45, 2.75) is 19.3 Å². The van der Waals surface area contributed by atoms with E-state index in [0.29, 0.717) is 5.92 Å².